The van der Waals surface area contributed by atoms with Gasteiger partial charge in [-0.25, -0.2) is 9.59 Å². The minimum absolute atomic E-state index is 0.0628. The summed E-state index contributed by atoms with van der Waals surface area (Å²) in [6, 6.07) is 11.6. The van der Waals surface area contributed by atoms with E-state index < -0.39 is 66.0 Å². The summed E-state index contributed by atoms with van der Waals surface area (Å²) in [5.41, 5.74) is 0.00170. The van der Waals surface area contributed by atoms with Gasteiger partial charge < -0.3 is 50.2 Å². The molecule has 1 fully saturated rings. The fourth-order valence-corrected chi connectivity index (χ4v) is 5.62. The number of alkyl halides is 3. The Balaban J connectivity index is 1.29. The summed E-state index contributed by atoms with van der Waals surface area (Å²) in [5.74, 6) is -2.39. The number of nitrogens with one attached hydrogen (secondary N) is 4. The highest BCUT2D eigenvalue weighted by molar-refractivity contribution is 5.95. The van der Waals surface area contributed by atoms with Crippen LogP contribution in [0, 0.1) is 5.92 Å². The van der Waals surface area contributed by atoms with Crippen molar-refractivity contribution in [3.8, 4) is 11.8 Å². The Labute approximate surface area is 346 Å². The van der Waals surface area contributed by atoms with Crippen LogP contribution >= 0.6 is 0 Å². The zero-order chi connectivity index (χ0) is 44.1. The first kappa shape index (κ1) is 46.6. The highest BCUT2D eigenvalue weighted by atomic mass is 19.4. The van der Waals surface area contributed by atoms with Gasteiger partial charge in [0.05, 0.1) is 18.6 Å². The molecule has 3 aromatic rings. The average Bonchev–Trinajstić information content (AvgIpc) is 3.58. The molecule has 1 aliphatic rings. The Hall–Kier alpha value is -6.08. The molecule has 2 heterocycles. The number of carboxylic acids is 1. The summed E-state index contributed by atoms with van der Waals surface area (Å²) in [7, 11) is 0. The number of carbonyl (C=O) groups is 4. The molecule has 0 spiro atoms. The number of carbonyl (C=O) groups excluding carboxylic acids is 3. The van der Waals surface area contributed by atoms with E-state index in [1.807, 2.05) is 32.9 Å². The molecule has 60 heavy (non-hydrogen) atoms. The molecule has 5 N–H and O–H groups in total. The molecule has 0 radical (unpaired) electrons. The predicted octanol–water partition coefficient (Wildman–Crippen LogP) is 6.68. The minimum atomic E-state index is -4.65. The third-order valence-corrected chi connectivity index (χ3v) is 8.37. The van der Waals surface area contributed by atoms with Gasteiger partial charge in [-0.2, -0.15) is 28.1 Å². The van der Waals surface area contributed by atoms with Gasteiger partial charge in [0.2, 0.25) is 11.9 Å². The maximum atomic E-state index is 13.1. The Bertz CT molecular complexity index is 1900. The first-order valence-electron chi connectivity index (χ1n) is 19.4. The Morgan fingerprint density at radius 2 is 1.45 bits per heavy atom. The van der Waals surface area contributed by atoms with Gasteiger partial charge in [0.1, 0.15) is 17.0 Å². The van der Waals surface area contributed by atoms with E-state index in [2.05, 4.69) is 36.2 Å². The number of amides is 3. The lowest BCUT2D eigenvalue weighted by Gasteiger charge is -2.24. The van der Waals surface area contributed by atoms with E-state index >= 15 is 0 Å². The van der Waals surface area contributed by atoms with Crippen molar-refractivity contribution in [2.75, 3.05) is 43.5 Å². The summed E-state index contributed by atoms with van der Waals surface area (Å²) in [5, 5.41) is 21.0. The molecule has 0 saturated carbocycles. The molecule has 328 valence electrons. The maximum absolute atomic E-state index is 13.1. The highest BCUT2D eigenvalue weighted by Gasteiger charge is 2.42. The van der Waals surface area contributed by atoms with Crippen LogP contribution in [0.4, 0.5) is 40.3 Å². The molecule has 2 atom stereocenters. The van der Waals surface area contributed by atoms with E-state index in [1.165, 1.54) is 29.2 Å². The van der Waals surface area contributed by atoms with Crippen LogP contribution in [0.25, 0.3) is 0 Å². The summed E-state index contributed by atoms with van der Waals surface area (Å²) in [6.07, 6.45) is -2.27. The molecular formula is C40H53F3N8O9. The number of benzene rings is 2. The number of nitrogens with zero attached hydrogens (tertiary/aromatic N) is 4. The van der Waals surface area contributed by atoms with Crippen LogP contribution in [-0.4, -0.2) is 105 Å². The summed E-state index contributed by atoms with van der Waals surface area (Å²) in [6.45, 7) is 9.90. The van der Waals surface area contributed by atoms with Crippen LogP contribution < -0.4 is 30.7 Å². The van der Waals surface area contributed by atoms with Crippen molar-refractivity contribution >= 4 is 41.6 Å². The van der Waals surface area contributed by atoms with Gasteiger partial charge in [0.15, 0.2) is 6.61 Å². The number of carboxylic acid groups (broad SMARTS) is 1. The third kappa shape index (κ3) is 16.6. The van der Waals surface area contributed by atoms with Crippen LogP contribution in [-0.2, 0) is 20.8 Å². The predicted molar refractivity (Wildman–Crippen MR) is 213 cm³/mol. The smallest absolute Gasteiger partial charge is 0.422 e. The largest absolute Gasteiger partial charge is 0.494 e. The van der Waals surface area contributed by atoms with Crippen molar-refractivity contribution in [3.63, 3.8) is 0 Å². The lowest BCUT2D eigenvalue weighted by Crippen LogP contribution is -2.43. The summed E-state index contributed by atoms with van der Waals surface area (Å²) < 4.78 is 60.2. The second kappa shape index (κ2) is 20.7. The van der Waals surface area contributed by atoms with Gasteiger partial charge in [-0.3, -0.25) is 9.59 Å². The molecule has 1 aromatic heterocycles. The number of hydrogen-bond donors (Lipinski definition) is 5. The van der Waals surface area contributed by atoms with Crippen LogP contribution in [0.3, 0.4) is 0 Å². The molecule has 1 aliphatic heterocycles. The van der Waals surface area contributed by atoms with E-state index in [9.17, 15) is 37.5 Å². The fourth-order valence-electron chi connectivity index (χ4n) is 5.62. The lowest BCUT2D eigenvalue weighted by atomic mass is 10.0. The molecule has 0 aliphatic carbocycles. The molecule has 1 saturated heterocycles. The van der Waals surface area contributed by atoms with Gasteiger partial charge in [-0.15, -0.1) is 0 Å². The van der Waals surface area contributed by atoms with Crippen LogP contribution in [0.5, 0.6) is 11.8 Å². The number of hydrogen-bond acceptors (Lipinski definition) is 13. The summed E-state index contributed by atoms with van der Waals surface area (Å²) >= 11 is 0. The molecule has 3 amide bonds. The summed E-state index contributed by atoms with van der Waals surface area (Å²) in [4.78, 5) is 62.7. The number of halogens is 3. The molecule has 4 rings (SSSR count). The molecule has 0 bridgehead atoms. The number of anilines is 3. The van der Waals surface area contributed by atoms with Crippen LogP contribution in [0.15, 0.2) is 48.5 Å². The first-order chi connectivity index (χ1) is 28.1. The van der Waals surface area contributed by atoms with Crippen LogP contribution in [0.2, 0.25) is 0 Å². The highest BCUT2D eigenvalue weighted by Crippen LogP contribution is 2.24. The average molecular weight is 847 g/mol. The van der Waals surface area contributed by atoms with Gasteiger partial charge in [0, 0.05) is 37.4 Å². The van der Waals surface area contributed by atoms with Crippen molar-refractivity contribution in [1.82, 2.24) is 30.5 Å². The Morgan fingerprint density at radius 1 is 0.800 bits per heavy atom. The Morgan fingerprint density at radius 3 is 2.08 bits per heavy atom. The van der Waals surface area contributed by atoms with E-state index in [0.29, 0.717) is 24.6 Å². The molecule has 17 nitrogen and oxygen atoms in total. The van der Waals surface area contributed by atoms with Gasteiger partial charge in [0.25, 0.3) is 5.91 Å². The fraction of sp³-hybridized carbons (Fsp3) is 0.525. The van der Waals surface area contributed by atoms with Crippen molar-refractivity contribution in [2.24, 2.45) is 5.92 Å². The maximum Gasteiger partial charge on any atom is 0.422 e. The van der Waals surface area contributed by atoms with Crippen molar-refractivity contribution in [1.29, 1.82) is 0 Å². The third-order valence-electron chi connectivity index (χ3n) is 8.37. The van der Waals surface area contributed by atoms with Gasteiger partial charge in [-0.05, 0) is 96.3 Å². The Kier molecular flexibility index (Phi) is 16.1. The lowest BCUT2D eigenvalue weighted by molar-refractivity contribution is -0.154. The topological polar surface area (TPSA) is 215 Å². The first-order valence-corrected chi connectivity index (χ1v) is 19.4. The molecule has 0 unspecified atom stereocenters. The number of aliphatic carboxylic acids is 1. The number of ether oxygens (including phenoxy) is 4. The molecular weight excluding hydrogens is 793 g/mol. The zero-order valence-corrected chi connectivity index (χ0v) is 34.5. The number of rotatable bonds is 18. The monoisotopic (exact) mass is 846 g/mol. The normalized spacial score (nSPS) is 15.4. The zero-order valence-electron chi connectivity index (χ0n) is 34.5. The van der Waals surface area contributed by atoms with E-state index in [1.54, 1.807) is 32.9 Å². The number of unbranched alkanes of at least 4 members (excludes halogenated alkanes) is 3. The number of aromatic nitrogens is 3. The van der Waals surface area contributed by atoms with Gasteiger partial charge in [-0.1, -0.05) is 25.0 Å². The number of alkyl carbamates (subject to hydrolysis) is 1. The van der Waals surface area contributed by atoms with Crippen molar-refractivity contribution in [2.45, 2.75) is 97.2 Å². The van der Waals surface area contributed by atoms with E-state index in [4.69, 9.17) is 18.9 Å². The quantitative estimate of drug-likeness (QED) is 0.0845. The second-order valence-corrected chi connectivity index (χ2v) is 16.0. The van der Waals surface area contributed by atoms with Crippen molar-refractivity contribution < 1.29 is 56.4 Å². The van der Waals surface area contributed by atoms with Crippen molar-refractivity contribution in [3.05, 3.63) is 59.7 Å². The number of likely N-dealkylation sites (tertiary alicyclic amines) is 1. The second-order valence-electron chi connectivity index (χ2n) is 16.0. The minimum Gasteiger partial charge on any atom is -0.494 e. The van der Waals surface area contributed by atoms with Gasteiger partial charge >= 0.3 is 30.3 Å². The SMILES string of the molecule is CC(C)(C)OC(=O)NCCCCCCOc1ccc(CNc2nc(Nc3ccc(C(=O)N[C@@H]4CN(C(=O)OC(C)(C)C)C[C@H]4C(=O)O)cc3)nc(OCC(F)(F)F)n2)cc1. The van der Waals surface area contributed by atoms with Crippen LogP contribution in [0.1, 0.15) is 83.1 Å². The van der Waals surface area contributed by atoms with E-state index in [-0.39, 0.29) is 37.1 Å². The van der Waals surface area contributed by atoms with E-state index in [0.717, 1.165) is 31.2 Å². The molecule has 20 heteroatoms. The molecule has 2 aromatic carbocycles. The standard InChI is InChI=1S/C40H53F3N8O9/c1-38(2,3)59-36(55)44-19-9-7-8-10-20-57-28-17-11-25(12-18-28)21-45-33-48-34(50-35(49-33)58-24-40(41,42)43)46-27-15-13-26(14-16-27)31(52)47-30-23-51(22-29(30)32(53)54)37(56)60-39(4,5)6/h11-18,29-30H,7-10,19-24H2,1-6H3,(H,44,55)(H,47,52)(H,53,54)(H2,45,46,48,49,50)/t29-,30-/m1/s1.